The summed E-state index contributed by atoms with van der Waals surface area (Å²) < 4.78 is 10.2. The molecule has 0 atom stereocenters. The number of hydrogen-bond donors (Lipinski definition) is 1. The Bertz CT molecular complexity index is 577. The lowest BCUT2D eigenvalue weighted by Crippen LogP contribution is -2.40. The van der Waals surface area contributed by atoms with Crippen LogP contribution in [0.3, 0.4) is 0 Å². The highest BCUT2D eigenvalue weighted by atomic mass is 16.5. The highest BCUT2D eigenvalue weighted by Gasteiger charge is 2.13. The number of nitrogens with one attached hydrogen (secondary N) is 1. The molecule has 2 heterocycles. The van der Waals surface area contributed by atoms with Gasteiger partial charge in [-0.2, -0.15) is 4.98 Å². The van der Waals surface area contributed by atoms with E-state index in [1.807, 2.05) is 26.8 Å². The van der Waals surface area contributed by atoms with Crippen LogP contribution in [-0.2, 0) is 13.0 Å². The molecule has 0 unspecified atom stereocenters. The summed E-state index contributed by atoms with van der Waals surface area (Å²) in [6, 6.07) is 1.73. The molecular weight excluding hydrogens is 284 g/mol. The zero-order valence-corrected chi connectivity index (χ0v) is 13.2. The average Bonchev–Trinajstić information content (AvgIpc) is 3.16. The molecule has 2 rings (SSSR count). The number of carbonyl (C=O) groups excluding carboxylic acids is 1. The molecule has 0 aliphatic heterocycles. The Morgan fingerprint density at radius 2 is 2.27 bits per heavy atom. The fourth-order valence-electron chi connectivity index (χ4n) is 1.92. The van der Waals surface area contributed by atoms with Gasteiger partial charge < -0.3 is 19.2 Å². The van der Waals surface area contributed by atoms with Crippen molar-refractivity contribution in [3.63, 3.8) is 0 Å². The molecule has 120 valence electrons. The zero-order valence-electron chi connectivity index (χ0n) is 13.2. The number of carbonyl (C=O) groups is 1. The molecule has 0 bridgehead atoms. The van der Waals surface area contributed by atoms with Crippen molar-refractivity contribution < 1.29 is 13.7 Å². The smallest absolute Gasteiger partial charge is 0.317 e. The molecule has 0 fully saturated rings. The van der Waals surface area contributed by atoms with Crippen LogP contribution in [0, 0.1) is 0 Å². The fraction of sp³-hybridized carbons (Fsp3) is 0.533. The molecule has 0 spiro atoms. The van der Waals surface area contributed by atoms with Gasteiger partial charge >= 0.3 is 6.03 Å². The van der Waals surface area contributed by atoms with Gasteiger partial charge in [-0.05, 0) is 13.0 Å². The Labute approximate surface area is 129 Å². The van der Waals surface area contributed by atoms with Gasteiger partial charge in [0.25, 0.3) is 0 Å². The van der Waals surface area contributed by atoms with Crippen LogP contribution in [0.15, 0.2) is 27.5 Å². The maximum atomic E-state index is 12.1. The van der Waals surface area contributed by atoms with Crippen molar-refractivity contribution in [2.24, 2.45) is 0 Å². The van der Waals surface area contributed by atoms with Crippen molar-refractivity contribution in [1.82, 2.24) is 20.4 Å². The first-order valence-electron chi connectivity index (χ1n) is 7.46. The van der Waals surface area contributed by atoms with E-state index >= 15 is 0 Å². The summed E-state index contributed by atoms with van der Waals surface area (Å²) in [5.41, 5.74) is 0.968. The maximum Gasteiger partial charge on any atom is 0.317 e. The summed E-state index contributed by atoms with van der Waals surface area (Å²) in [7, 11) is 0. The quantitative estimate of drug-likeness (QED) is 0.849. The van der Waals surface area contributed by atoms with E-state index in [1.54, 1.807) is 17.4 Å². The molecular formula is C15H22N4O3. The van der Waals surface area contributed by atoms with Crippen molar-refractivity contribution in [1.29, 1.82) is 0 Å². The van der Waals surface area contributed by atoms with Crippen molar-refractivity contribution in [2.75, 3.05) is 13.1 Å². The first kappa shape index (κ1) is 16.1. The molecule has 0 radical (unpaired) electrons. The van der Waals surface area contributed by atoms with Crippen LogP contribution in [0.2, 0.25) is 0 Å². The standard InChI is InChI=1S/C15H22N4O3/c1-4-19(9-12-6-8-21-10-12)15(20)16-7-5-13-17-14(11(2)3)18-22-13/h6,8,10-11H,4-5,7,9H2,1-3H3,(H,16,20). The molecule has 7 nitrogen and oxygen atoms in total. The van der Waals surface area contributed by atoms with E-state index < -0.39 is 0 Å². The topological polar surface area (TPSA) is 84.4 Å². The number of nitrogens with zero attached hydrogens (tertiary/aromatic N) is 3. The lowest BCUT2D eigenvalue weighted by atomic mass is 10.2. The first-order valence-corrected chi connectivity index (χ1v) is 7.46. The first-order chi connectivity index (χ1) is 10.6. The molecule has 1 N–H and O–H groups in total. The molecule has 2 aromatic heterocycles. The minimum atomic E-state index is -0.118. The van der Waals surface area contributed by atoms with Crippen LogP contribution < -0.4 is 5.32 Å². The lowest BCUT2D eigenvalue weighted by Gasteiger charge is -2.20. The van der Waals surface area contributed by atoms with Crippen molar-refractivity contribution in [3.05, 3.63) is 35.9 Å². The molecule has 0 aromatic carbocycles. The number of rotatable bonds is 7. The third-order valence-corrected chi connectivity index (χ3v) is 3.24. The maximum absolute atomic E-state index is 12.1. The van der Waals surface area contributed by atoms with Gasteiger partial charge in [0.15, 0.2) is 5.82 Å². The van der Waals surface area contributed by atoms with E-state index in [0.717, 1.165) is 5.56 Å². The number of furan rings is 1. The third kappa shape index (κ3) is 4.34. The largest absolute Gasteiger partial charge is 0.472 e. The molecule has 2 aromatic rings. The van der Waals surface area contributed by atoms with Crippen LogP contribution in [0.1, 0.15) is 44.0 Å². The summed E-state index contributed by atoms with van der Waals surface area (Å²) in [5.74, 6) is 1.47. The summed E-state index contributed by atoms with van der Waals surface area (Å²) in [6.07, 6.45) is 3.76. The number of amides is 2. The number of urea groups is 1. The predicted molar refractivity (Wildman–Crippen MR) is 80.3 cm³/mol. The normalized spacial score (nSPS) is 10.9. The second kappa shape index (κ2) is 7.63. The van der Waals surface area contributed by atoms with E-state index in [0.29, 0.717) is 37.8 Å². The summed E-state index contributed by atoms with van der Waals surface area (Å²) >= 11 is 0. The highest BCUT2D eigenvalue weighted by molar-refractivity contribution is 5.74. The van der Waals surface area contributed by atoms with Crippen molar-refractivity contribution in [2.45, 2.75) is 39.7 Å². The van der Waals surface area contributed by atoms with Crippen molar-refractivity contribution >= 4 is 6.03 Å². The highest BCUT2D eigenvalue weighted by Crippen LogP contribution is 2.09. The second-order valence-corrected chi connectivity index (χ2v) is 5.33. The van der Waals surface area contributed by atoms with Gasteiger partial charge in [-0.1, -0.05) is 19.0 Å². The average molecular weight is 306 g/mol. The van der Waals surface area contributed by atoms with Gasteiger partial charge in [0, 0.05) is 31.0 Å². The molecule has 2 amide bonds. The molecule has 0 aliphatic carbocycles. The van der Waals surface area contributed by atoms with Gasteiger partial charge in [-0.15, -0.1) is 0 Å². The van der Waals surface area contributed by atoms with Gasteiger partial charge in [0.2, 0.25) is 5.89 Å². The van der Waals surface area contributed by atoms with Gasteiger partial charge in [-0.3, -0.25) is 0 Å². The predicted octanol–water partition coefficient (Wildman–Crippen LogP) is 2.56. The Kier molecular flexibility index (Phi) is 5.57. The Morgan fingerprint density at radius 1 is 1.45 bits per heavy atom. The third-order valence-electron chi connectivity index (χ3n) is 3.24. The number of aromatic nitrogens is 2. The van der Waals surface area contributed by atoms with Crippen LogP contribution in [0.5, 0.6) is 0 Å². The summed E-state index contributed by atoms with van der Waals surface area (Å²) in [4.78, 5) is 18.1. The van der Waals surface area contributed by atoms with Crippen molar-refractivity contribution in [3.8, 4) is 0 Å². The monoisotopic (exact) mass is 306 g/mol. The fourth-order valence-corrected chi connectivity index (χ4v) is 1.92. The molecule has 7 heteroatoms. The Balaban J connectivity index is 1.78. The zero-order chi connectivity index (χ0) is 15.9. The number of hydrogen-bond acceptors (Lipinski definition) is 5. The molecule has 22 heavy (non-hydrogen) atoms. The summed E-state index contributed by atoms with van der Waals surface area (Å²) in [5, 5.41) is 6.76. The lowest BCUT2D eigenvalue weighted by molar-refractivity contribution is 0.198. The molecule has 0 saturated carbocycles. The minimum absolute atomic E-state index is 0.118. The summed E-state index contributed by atoms with van der Waals surface area (Å²) in [6.45, 7) is 7.55. The molecule has 0 saturated heterocycles. The minimum Gasteiger partial charge on any atom is -0.472 e. The van der Waals surface area contributed by atoms with E-state index in [4.69, 9.17) is 8.94 Å². The van der Waals surface area contributed by atoms with Crippen LogP contribution in [-0.4, -0.2) is 34.2 Å². The second-order valence-electron chi connectivity index (χ2n) is 5.33. The molecule has 0 aliphatic rings. The van der Waals surface area contributed by atoms with E-state index in [9.17, 15) is 4.79 Å². The Hall–Kier alpha value is -2.31. The van der Waals surface area contributed by atoms with Crippen LogP contribution in [0.25, 0.3) is 0 Å². The van der Waals surface area contributed by atoms with E-state index in [-0.39, 0.29) is 11.9 Å². The SMILES string of the molecule is CCN(Cc1ccoc1)C(=O)NCCc1nc(C(C)C)no1. The Morgan fingerprint density at radius 3 is 2.86 bits per heavy atom. The van der Waals surface area contributed by atoms with Crippen LogP contribution >= 0.6 is 0 Å². The van der Waals surface area contributed by atoms with Gasteiger partial charge in [0.05, 0.1) is 19.1 Å². The van der Waals surface area contributed by atoms with E-state index in [1.165, 1.54) is 0 Å². The van der Waals surface area contributed by atoms with Gasteiger partial charge in [-0.25, -0.2) is 4.79 Å². The van der Waals surface area contributed by atoms with E-state index in [2.05, 4.69) is 15.5 Å². The van der Waals surface area contributed by atoms with Crippen LogP contribution in [0.4, 0.5) is 4.79 Å². The van der Waals surface area contributed by atoms with Gasteiger partial charge in [0.1, 0.15) is 0 Å².